The molecule has 1 atom stereocenters. The minimum absolute atomic E-state index is 0.224. The van der Waals surface area contributed by atoms with Crippen molar-refractivity contribution in [2.75, 3.05) is 13.2 Å². The van der Waals surface area contributed by atoms with Gasteiger partial charge in [-0.25, -0.2) is 9.59 Å². The van der Waals surface area contributed by atoms with Gasteiger partial charge < -0.3 is 29.6 Å². The van der Waals surface area contributed by atoms with Crippen LogP contribution in [0, 0.1) is 0 Å². The molecule has 1 saturated carbocycles. The van der Waals surface area contributed by atoms with Crippen LogP contribution >= 0.6 is 0 Å². The van der Waals surface area contributed by atoms with Crippen LogP contribution < -0.4 is 15.4 Å². The summed E-state index contributed by atoms with van der Waals surface area (Å²) in [6.45, 7) is 4.51. The maximum absolute atomic E-state index is 12.3. The largest absolute Gasteiger partial charge is 0.476 e. The molecule has 1 fully saturated rings. The van der Waals surface area contributed by atoms with Crippen molar-refractivity contribution < 1.29 is 28.5 Å². The maximum Gasteiger partial charge on any atom is 0.407 e. The van der Waals surface area contributed by atoms with E-state index in [1.54, 1.807) is 13.0 Å². The summed E-state index contributed by atoms with van der Waals surface area (Å²) in [7, 11) is 0. The Labute approximate surface area is 205 Å². The van der Waals surface area contributed by atoms with Gasteiger partial charge in [-0.3, -0.25) is 0 Å². The highest BCUT2D eigenvalue weighted by Crippen LogP contribution is 2.38. The van der Waals surface area contributed by atoms with Crippen LogP contribution in [0.5, 0.6) is 5.75 Å². The number of hydrogen-bond acceptors (Lipinski definition) is 7. The first kappa shape index (κ1) is 24.4. The molecule has 1 unspecified atom stereocenters. The van der Waals surface area contributed by atoms with Crippen molar-refractivity contribution in [3.63, 3.8) is 0 Å². The van der Waals surface area contributed by atoms with Gasteiger partial charge in [0.25, 0.3) is 0 Å². The SMILES string of the molecule is CCOC(=O)C1(Oc2cccc(CNC(=O)OCCC3=C(C)OC(c4ccccc4)N3)c2)CCC1. The van der Waals surface area contributed by atoms with E-state index in [0.29, 0.717) is 31.6 Å². The van der Waals surface area contributed by atoms with Crippen molar-refractivity contribution in [3.05, 3.63) is 77.2 Å². The van der Waals surface area contributed by atoms with Gasteiger partial charge in [0.1, 0.15) is 11.5 Å². The van der Waals surface area contributed by atoms with Gasteiger partial charge in [-0.15, -0.1) is 0 Å². The Balaban J connectivity index is 1.21. The van der Waals surface area contributed by atoms with E-state index >= 15 is 0 Å². The number of ether oxygens (including phenoxy) is 4. The second-order valence-corrected chi connectivity index (χ2v) is 8.64. The molecule has 1 aliphatic heterocycles. The highest BCUT2D eigenvalue weighted by Gasteiger charge is 2.48. The van der Waals surface area contributed by atoms with Gasteiger partial charge in [-0.1, -0.05) is 42.5 Å². The summed E-state index contributed by atoms with van der Waals surface area (Å²) in [6, 6.07) is 17.2. The summed E-state index contributed by atoms with van der Waals surface area (Å²) in [6.07, 6.45) is 2.01. The van der Waals surface area contributed by atoms with Crippen LogP contribution in [0.2, 0.25) is 0 Å². The Bertz CT molecular complexity index is 1060. The number of nitrogens with one attached hydrogen (secondary N) is 2. The van der Waals surface area contributed by atoms with E-state index in [4.69, 9.17) is 18.9 Å². The number of hydrogen-bond donors (Lipinski definition) is 2. The minimum atomic E-state index is -0.898. The molecule has 2 aliphatic rings. The van der Waals surface area contributed by atoms with E-state index in [1.807, 2.05) is 55.5 Å². The highest BCUT2D eigenvalue weighted by atomic mass is 16.6. The van der Waals surface area contributed by atoms with Crippen LogP contribution in [0.3, 0.4) is 0 Å². The standard InChI is InChI=1S/C27H32N2O6/c1-3-32-25(30)27(14-8-15-27)35-22-12-7-9-20(17-22)18-28-26(31)33-16-13-23-19(2)34-24(29-23)21-10-5-4-6-11-21/h4-7,9-12,17,24,29H,3,8,13-16,18H2,1-2H3,(H,28,31). The molecule has 2 aromatic rings. The molecule has 8 nitrogen and oxygen atoms in total. The van der Waals surface area contributed by atoms with Gasteiger partial charge in [-0.05, 0) is 50.8 Å². The fraction of sp³-hybridized carbons (Fsp3) is 0.407. The van der Waals surface area contributed by atoms with Crippen molar-refractivity contribution in [2.24, 2.45) is 0 Å². The van der Waals surface area contributed by atoms with E-state index < -0.39 is 11.7 Å². The van der Waals surface area contributed by atoms with Crippen LogP contribution in [0.15, 0.2) is 66.1 Å². The van der Waals surface area contributed by atoms with Gasteiger partial charge in [0.15, 0.2) is 6.23 Å². The molecule has 0 radical (unpaired) electrons. The van der Waals surface area contributed by atoms with Gasteiger partial charge in [0.2, 0.25) is 5.60 Å². The van der Waals surface area contributed by atoms with E-state index in [0.717, 1.165) is 29.0 Å². The quantitative estimate of drug-likeness (QED) is 0.475. The number of allylic oxidation sites excluding steroid dienone is 1. The monoisotopic (exact) mass is 480 g/mol. The Morgan fingerprint density at radius 2 is 1.91 bits per heavy atom. The molecule has 186 valence electrons. The summed E-state index contributed by atoms with van der Waals surface area (Å²) in [4.78, 5) is 24.5. The summed E-state index contributed by atoms with van der Waals surface area (Å²) >= 11 is 0. The lowest BCUT2D eigenvalue weighted by molar-refractivity contribution is -0.169. The number of carbonyl (C=O) groups excluding carboxylic acids is 2. The van der Waals surface area contributed by atoms with E-state index in [2.05, 4.69) is 10.6 Å². The molecule has 0 bridgehead atoms. The zero-order chi connectivity index (χ0) is 24.7. The molecule has 4 rings (SSSR count). The third-order valence-electron chi connectivity index (χ3n) is 6.17. The minimum Gasteiger partial charge on any atom is -0.476 e. The summed E-state index contributed by atoms with van der Waals surface area (Å²) in [5, 5.41) is 6.09. The van der Waals surface area contributed by atoms with Gasteiger partial charge in [0, 0.05) is 18.5 Å². The van der Waals surface area contributed by atoms with Crippen LogP contribution in [-0.4, -0.2) is 30.9 Å². The average Bonchev–Trinajstić information content (AvgIpc) is 3.21. The van der Waals surface area contributed by atoms with Gasteiger partial charge in [-0.2, -0.15) is 0 Å². The molecule has 35 heavy (non-hydrogen) atoms. The molecular weight excluding hydrogens is 448 g/mol. The zero-order valence-corrected chi connectivity index (χ0v) is 20.2. The topological polar surface area (TPSA) is 95.1 Å². The fourth-order valence-corrected chi connectivity index (χ4v) is 4.09. The molecule has 2 N–H and O–H groups in total. The van der Waals surface area contributed by atoms with Crippen molar-refractivity contribution in [3.8, 4) is 5.75 Å². The Morgan fingerprint density at radius 3 is 2.63 bits per heavy atom. The fourth-order valence-electron chi connectivity index (χ4n) is 4.09. The molecule has 8 heteroatoms. The Kier molecular flexibility index (Phi) is 7.80. The molecule has 2 aromatic carbocycles. The summed E-state index contributed by atoms with van der Waals surface area (Å²) < 4.78 is 22.4. The molecule has 0 aromatic heterocycles. The predicted octanol–water partition coefficient (Wildman–Crippen LogP) is 4.72. The lowest BCUT2D eigenvalue weighted by Crippen LogP contribution is -2.51. The molecule has 0 saturated heterocycles. The van der Waals surface area contributed by atoms with E-state index in [-0.39, 0.29) is 25.3 Å². The van der Waals surface area contributed by atoms with E-state index in [1.165, 1.54) is 0 Å². The molecule has 0 spiro atoms. The number of rotatable bonds is 10. The normalized spacial score (nSPS) is 18.1. The van der Waals surface area contributed by atoms with Crippen molar-refractivity contribution in [1.29, 1.82) is 0 Å². The molecule has 1 amide bonds. The van der Waals surface area contributed by atoms with Crippen LogP contribution in [0.4, 0.5) is 4.79 Å². The van der Waals surface area contributed by atoms with Crippen LogP contribution in [0.1, 0.15) is 56.9 Å². The van der Waals surface area contributed by atoms with Crippen LogP contribution in [0.25, 0.3) is 0 Å². The molecule has 1 heterocycles. The maximum atomic E-state index is 12.3. The zero-order valence-electron chi connectivity index (χ0n) is 20.2. The van der Waals surface area contributed by atoms with Gasteiger partial charge >= 0.3 is 12.1 Å². The number of alkyl carbamates (subject to hydrolysis) is 1. The highest BCUT2D eigenvalue weighted by molar-refractivity contribution is 5.81. The predicted molar refractivity (Wildman–Crippen MR) is 129 cm³/mol. The first-order chi connectivity index (χ1) is 17.0. The third kappa shape index (κ3) is 6.07. The molecular formula is C27H32N2O6. The summed E-state index contributed by atoms with van der Waals surface area (Å²) in [5.74, 6) is 1.06. The smallest absolute Gasteiger partial charge is 0.407 e. The second-order valence-electron chi connectivity index (χ2n) is 8.64. The van der Waals surface area contributed by atoms with Crippen molar-refractivity contribution in [2.45, 2.75) is 57.9 Å². The Hall–Kier alpha value is -3.68. The lowest BCUT2D eigenvalue weighted by Gasteiger charge is -2.39. The number of esters is 1. The number of carbonyl (C=O) groups is 2. The third-order valence-corrected chi connectivity index (χ3v) is 6.17. The summed E-state index contributed by atoms with van der Waals surface area (Å²) in [5.41, 5.74) is 1.90. The number of amides is 1. The average molecular weight is 481 g/mol. The lowest BCUT2D eigenvalue weighted by atomic mass is 9.80. The van der Waals surface area contributed by atoms with E-state index in [9.17, 15) is 9.59 Å². The van der Waals surface area contributed by atoms with Crippen LogP contribution in [-0.2, 0) is 25.5 Å². The molecule has 1 aliphatic carbocycles. The van der Waals surface area contributed by atoms with Crippen molar-refractivity contribution >= 4 is 12.1 Å². The first-order valence-electron chi connectivity index (χ1n) is 12.0. The van der Waals surface area contributed by atoms with Gasteiger partial charge in [0.05, 0.1) is 18.9 Å². The van der Waals surface area contributed by atoms with Crippen molar-refractivity contribution in [1.82, 2.24) is 10.6 Å². The first-order valence-corrected chi connectivity index (χ1v) is 12.0. The second kappa shape index (κ2) is 11.2. The Morgan fingerprint density at radius 1 is 1.11 bits per heavy atom. The number of benzene rings is 2.